The second kappa shape index (κ2) is 8.06. The third kappa shape index (κ3) is 5.41. The molecule has 21 heavy (non-hydrogen) atoms. The van der Waals surface area contributed by atoms with Gasteiger partial charge in [-0.1, -0.05) is 48.0 Å². The van der Waals surface area contributed by atoms with Crippen LogP contribution in [0.1, 0.15) is 24.5 Å². The first-order valence-corrected chi connectivity index (χ1v) is 7.73. The molecule has 0 spiro atoms. The van der Waals surface area contributed by atoms with Crippen LogP contribution in [-0.2, 0) is 12.8 Å². The van der Waals surface area contributed by atoms with Crippen molar-refractivity contribution in [2.75, 3.05) is 6.61 Å². The van der Waals surface area contributed by atoms with Gasteiger partial charge in [-0.05, 0) is 49.4 Å². The fourth-order valence-electron chi connectivity index (χ4n) is 2.26. The zero-order chi connectivity index (χ0) is 15.1. The molecule has 2 rings (SSSR count). The van der Waals surface area contributed by atoms with E-state index in [1.165, 1.54) is 5.56 Å². The van der Waals surface area contributed by atoms with Gasteiger partial charge in [-0.3, -0.25) is 0 Å². The Hall–Kier alpha value is -1.51. The van der Waals surface area contributed by atoms with E-state index in [0.717, 1.165) is 30.6 Å². The van der Waals surface area contributed by atoms with Crippen LogP contribution < -0.4 is 10.5 Å². The van der Waals surface area contributed by atoms with Crippen LogP contribution in [0.3, 0.4) is 0 Å². The van der Waals surface area contributed by atoms with Gasteiger partial charge in [0.05, 0.1) is 11.6 Å². The van der Waals surface area contributed by atoms with Crippen molar-refractivity contribution in [3.05, 3.63) is 64.7 Å². The highest BCUT2D eigenvalue weighted by atomic mass is 35.5. The van der Waals surface area contributed by atoms with Crippen molar-refractivity contribution < 1.29 is 4.74 Å². The summed E-state index contributed by atoms with van der Waals surface area (Å²) in [6.45, 7) is 2.66. The molecule has 0 aliphatic carbocycles. The SMILES string of the molecule is CC(N)Cc1ccc(OCCCc2ccccc2)c(Cl)c1. The summed E-state index contributed by atoms with van der Waals surface area (Å²) in [7, 11) is 0. The maximum Gasteiger partial charge on any atom is 0.137 e. The lowest BCUT2D eigenvalue weighted by atomic mass is 10.1. The molecule has 2 nitrogen and oxygen atoms in total. The molecule has 0 fully saturated rings. The molecule has 0 aliphatic heterocycles. The summed E-state index contributed by atoms with van der Waals surface area (Å²) >= 11 is 6.24. The minimum Gasteiger partial charge on any atom is -0.492 e. The zero-order valence-electron chi connectivity index (χ0n) is 12.4. The van der Waals surface area contributed by atoms with Crippen molar-refractivity contribution >= 4 is 11.6 Å². The summed E-state index contributed by atoms with van der Waals surface area (Å²) in [4.78, 5) is 0. The van der Waals surface area contributed by atoms with Gasteiger partial charge in [0.1, 0.15) is 5.75 Å². The number of nitrogens with two attached hydrogens (primary N) is 1. The summed E-state index contributed by atoms with van der Waals surface area (Å²) in [6.07, 6.45) is 2.82. The Bertz CT molecular complexity index is 554. The Morgan fingerprint density at radius 1 is 1.10 bits per heavy atom. The smallest absolute Gasteiger partial charge is 0.137 e. The minimum atomic E-state index is 0.138. The fraction of sp³-hybridized carbons (Fsp3) is 0.333. The lowest BCUT2D eigenvalue weighted by Gasteiger charge is -2.11. The van der Waals surface area contributed by atoms with Crippen LogP contribution >= 0.6 is 11.6 Å². The number of ether oxygens (including phenoxy) is 1. The molecular weight excluding hydrogens is 282 g/mol. The Morgan fingerprint density at radius 2 is 1.86 bits per heavy atom. The quantitative estimate of drug-likeness (QED) is 0.776. The van der Waals surface area contributed by atoms with Crippen molar-refractivity contribution in [3.8, 4) is 5.75 Å². The molecule has 0 saturated carbocycles. The van der Waals surface area contributed by atoms with E-state index < -0.39 is 0 Å². The van der Waals surface area contributed by atoms with E-state index in [4.69, 9.17) is 22.1 Å². The molecule has 112 valence electrons. The molecule has 0 amide bonds. The van der Waals surface area contributed by atoms with Gasteiger partial charge in [-0.15, -0.1) is 0 Å². The molecule has 2 aromatic rings. The maximum absolute atomic E-state index is 6.24. The molecule has 1 unspecified atom stereocenters. The Balaban J connectivity index is 1.80. The van der Waals surface area contributed by atoms with Gasteiger partial charge in [-0.25, -0.2) is 0 Å². The van der Waals surface area contributed by atoms with E-state index in [9.17, 15) is 0 Å². The van der Waals surface area contributed by atoms with Gasteiger partial charge in [0.2, 0.25) is 0 Å². The standard InChI is InChI=1S/C18H22ClNO/c1-14(20)12-16-9-10-18(17(19)13-16)21-11-5-8-15-6-3-2-4-7-15/h2-4,6-7,9-10,13-14H,5,8,11-12,20H2,1H3. The van der Waals surface area contributed by atoms with E-state index >= 15 is 0 Å². The van der Waals surface area contributed by atoms with Crippen LogP contribution in [0.2, 0.25) is 5.02 Å². The zero-order valence-corrected chi connectivity index (χ0v) is 13.1. The predicted octanol–water partition coefficient (Wildman–Crippen LogP) is 4.24. The van der Waals surface area contributed by atoms with Gasteiger partial charge in [-0.2, -0.15) is 0 Å². The average Bonchev–Trinajstić information content (AvgIpc) is 2.46. The number of hydrogen-bond donors (Lipinski definition) is 1. The minimum absolute atomic E-state index is 0.138. The highest BCUT2D eigenvalue weighted by Crippen LogP contribution is 2.26. The molecule has 3 heteroatoms. The summed E-state index contributed by atoms with van der Waals surface area (Å²) < 4.78 is 5.76. The van der Waals surface area contributed by atoms with Crippen molar-refractivity contribution in [2.45, 2.75) is 32.2 Å². The highest BCUT2D eigenvalue weighted by molar-refractivity contribution is 6.32. The molecule has 0 bridgehead atoms. The lowest BCUT2D eigenvalue weighted by Crippen LogP contribution is -2.17. The first-order chi connectivity index (χ1) is 10.1. The van der Waals surface area contributed by atoms with Gasteiger partial charge in [0.15, 0.2) is 0 Å². The highest BCUT2D eigenvalue weighted by Gasteiger charge is 2.05. The number of rotatable bonds is 7. The third-order valence-electron chi connectivity index (χ3n) is 3.26. The number of hydrogen-bond acceptors (Lipinski definition) is 2. The molecule has 0 radical (unpaired) electrons. The first-order valence-electron chi connectivity index (χ1n) is 7.36. The molecule has 2 N–H and O–H groups in total. The summed E-state index contributed by atoms with van der Waals surface area (Å²) in [5.41, 5.74) is 8.27. The Morgan fingerprint density at radius 3 is 2.52 bits per heavy atom. The van der Waals surface area contributed by atoms with E-state index in [1.54, 1.807) is 0 Å². The van der Waals surface area contributed by atoms with Gasteiger partial charge < -0.3 is 10.5 Å². The Labute approximate surface area is 131 Å². The van der Waals surface area contributed by atoms with Crippen LogP contribution in [0.4, 0.5) is 0 Å². The summed E-state index contributed by atoms with van der Waals surface area (Å²) in [6, 6.07) is 16.5. The number of aryl methyl sites for hydroxylation is 1. The van der Waals surface area contributed by atoms with Crippen LogP contribution in [0, 0.1) is 0 Å². The normalized spacial score (nSPS) is 12.1. The van der Waals surface area contributed by atoms with Crippen molar-refractivity contribution in [2.24, 2.45) is 5.73 Å². The van der Waals surface area contributed by atoms with Crippen LogP contribution in [0.5, 0.6) is 5.75 Å². The number of benzene rings is 2. The Kier molecular flexibility index (Phi) is 6.09. The number of halogens is 1. The molecule has 1 atom stereocenters. The van der Waals surface area contributed by atoms with Crippen molar-refractivity contribution in [1.29, 1.82) is 0 Å². The fourth-order valence-corrected chi connectivity index (χ4v) is 2.52. The lowest BCUT2D eigenvalue weighted by molar-refractivity contribution is 0.311. The van der Waals surface area contributed by atoms with E-state index in [0.29, 0.717) is 11.6 Å². The second-order valence-corrected chi connectivity index (χ2v) is 5.79. The van der Waals surface area contributed by atoms with E-state index in [2.05, 4.69) is 24.3 Å². The van der Waals surface area contributed by atoms with Gasteiger partial charge >= 0.3 is 0 Å². The van der Waals surface area contributed by atoms with E-state index in [1.807, 2.05) is 31.2 Å². The van der Waals surface area contributed by atoms with Gasteiger partial charge in [0, 0.05) is 6.04 Å². The molecule has 0 aromatic heterocycles. The average molecular weight is 304 g/mol. The van der Waals surface area contributed by atoms with Crippen molar-refractivity contribution in [1.82, 2.24) is 0 Å². The second-order valence-electron chi connectivity index (χ2n) is 5.38. The van der Waals surface area contributed by atoms with Crippen LogP contribution in [0.15, 0.2) is 48.5 Å². The molecule has 0 aliphatic rings. The molecular formula is C18H22ClNO. The summed E-state index contributed by atoms with van der Waals surface area (Å²) in [5, 5.41) is 0.660. The summed E-state index contributed by atoms with van der Waals surface area (Å²) in [5.74, 6) is 0.748. The molecule has 2 aromatic carbocycles. The van der Waals surface area contributed by atoms with Crippen molar-refractivity contribution in [3.63, 3.8) is 0 Å². The molecule has 0 saturated heterocycles. The van der Waals surface area contributed by atoms with Gasteiger partial charge in [0.25, 0.3) is 0 Å². The van der Waals surface area contributed by atoms with E-state index in [-0.39, 0.29) is 6.04 Å². The predicted molar refractivity (Wildman–Crippen MR) is 89.1 cm³/mol. The topological polar surface area (TPSA) is 35.2 Å². The first kappa shape index (κ1) is 15.9. The van der Waals surface area contributed by atoms with Crippen LogP contribution in [-0.4, -0.2) is 12.6 Å². The molecule has 0 heterocycles. The van der Waals surface area contributed by atoms with Crippen LogP contribution in [0.25, 0.3) is 0 Å². The maximum atomic E-state index is 6.24. The largest absolute Gasteiger partial charge is 0.492 e. The third-order valence-corrected chi connectivity index (χ3v) is 3.56. The monoisotopic (exact) mass is 303 g/mol.